The molecule has 0 fully saturated rings. The highest BCUT2D eigenvalue weighted by molar-refractivity contribution is 5.77. The summed E-state index contributed by atoms with van der Waals surface area (Å²) in [6.07, 6.45) is 0.829. The molecule has 1 unspecified atom stereocenters. The Hall–Kier alpha value is -3.07. The van der Waals surface area contributed by atoms with E-state index >= 15 is 0 Å². The molecule has 0 saturated carbocycles. The molecule has 0 spiro atoms. The van der Waals surface area contributed by atoms with Gasteiger partial charge in [0.15, 0.2) is 0 Å². The number of hydrogen-bond donors (Lipinski definition) is 2. The minimum atomic E-state index is 0.0876. The predicted octanol–water partition coefficient (Wildman–Crippen LogP) is 5.04. The topological polar surface area (TPSA) is 57.5 Å². The molecule has 3 aromatic carbocycles. The van der Waals surface area contributed by atoms with Crippen molar-refractivity contribution in [1.82, 2.24) is 0 Å². The van der Waals surface area contributed by atoms with Gasteiger partial charge in [-0.05, 0) is 35.7 Å². The van der Waals surface area contributed by atoms with Crippen molar-refractivity contribution in [1.29, 1.82) is 0 Å². The van der Waals surface area contributed by atoms with Crippen molar-refractivity contribution in [3.8, 4) is 22.6 Å². The number of aldehydes is 1. The monoisotopic (exact) mass is 332 g/mol. The Labute approximate surface area is 147 Å². The van der Waals surface area contributed by atoms with E-state index in [-0.39, 0.29) is 17.4 Å². The summed E-state index contributed by atoms with van der Waals surface area (Å²) in [5.74, 6) is 0.399. The molecule has 2 N–H and O–H groups in total. The number of hydrogen-bond acceptors (Lipinski definition) is 3. The smallest absolute Gasteiger partial charge is 0.150 e. The van der Waals surface area contributed by atoms with Crippen LogP contribution in [0.15, 0.2) is 60.7 Å². The maximum atomic E-state index is 10.8. The van der Waals surface area contributed by atoms with Gasteiger partial charge >= 0.3 is 0 Å². The van der Waals surface area contributed by atoms with Crippen LogP contribution in [0, 0.1) is 6.92 Å². The molecule has 3 rings (SSSR count). The molecule has 126 valence electrons. The number of aromatic hydroxyl groups is 2. The highest BCUT2D eigenvalue weighted by atomic mass is 16.3. The van der Waals surface area contributed by atoms with E-state index in [0.29, 0.717) is 16.7 Å². The van der Waals surface area contributed by atoms with Gasteiger partial charge in [0, 0.05) is 22.6 Å². The van der Waals surface area contributed by atoms with Crippen molar-refractivity contribution in [3.63, 3.8) is 0 Å². The molecule has 3 aromatic rings. The molecule has 1 atom stereocenters. The van der Waals surface area contributed by atoms with E-state index in [1.165, 1.54) is 0 Å². The maximum Gasteiger partial charge on any atom is 0.150 e. The van der Waals surface area contributed by atoms with Crippen LogP contribution in [0.25, 0.3) is 11.1 Å². The average Bonchev–Trinajstić information content (AvgIpc) is 2.64. The molecule has 0 amide bonds. The largest absolute Gasteiger partial charge is 0.507 e. The molecule has 0 heterocycles. The van der Waals surface area contributed by atoms with Gasteiger partial charge in [-0.25, -0.2) is 0 Å². The summed E-state index contributed by atoms with van der Waals surface area (Å²) in [5, 5.41) is 20.6. The van der Waals surface area contributed by atoms with Crippen LogP contribution < -0.4 is 0 Å². The molecule has 3 nitrogen and oxygen atoms in total. The normalized spacial score (nSPS) is 11.9. The first-order chi connectivity index (χ1) is 12.0. The van der Waals surface area contributed by atoms with Gasteiger partial charge in [-0.2, -0.15) is 0 Å². The van der Waals surface area contributed by atoms with Crippen LogP contribution in [0.5, 0.6) is 11.5 Å². The van der Waals surface area contributed by atoms with E-state index in [1.54, 1.807) is 30.3 Å². The van der Waals surface area contributed by atoms with Crippen LogP contribution in [0.3, 0.4) is 0 Å². The lowest BCUT2D eigenvalue weighted by atomic mass is 9.88. The average molecular weight is 332 g/mol. The molecule has 0 aromatic heterocycles. The van der Waals surface area contributed by atoms with E-state index in [0.717, 1.165) is 23.0 Å². The number of carbonyl (C=O) groups is 1. The van der Waals surface area contributed by atoms with Crippen molar-refractivity contribution in [2.24, 2.45) is 0 Å². The Morgan fingerprint density at radius 2 is 1.56 bits per heavy atom. The second kappa shape index (κ2) is 6.81. The van der Waals surface area contributed by atoms with Crippen molar-refractivity contribution in [2.45, 2.75) is 19.8 Å². The summed E-state index contributed by atoms with van der Waals surface area (Å²) in [5.41, 5.74) is 4.74. The SMILES string of the molecule is Cc1cc(C(C)c2ccc(C=O)cc2)cc(-c2ccccc2O)c1O. The van der Waals surface area contributed by atoms with Gasteiger partial charge in [-0.1, -0.05) is 55.5 Å². The van der Waals surface area contributed by atoms with E-state index in [9.17, 15) is 15.0 Å². The van der Waals surface area contributed by atoms with Gasteiger partial charge in [-0.3, -0.25) is 4.79 Å². The minimum absolute atomic E-state index is 0.0876. The molecule has 3 heteroatoms. The number of rotatable bonds is 4. The number of aryl methyl sites for hydroxylation is 1. The molecule has 0 saturated heterocycles. The number of para-hydroxylation sites is 1. The third-order valence-electron chi connectivity index (χ3n) is 4.59. The fourth-order valence-corrected chi connectivity index (χ4v) is 3.02. The summed E-state index contributed by atoms with van der Waals surface area (Å²) < 4.78 is 0. The van der Waals surface area contributed by atoms with Crippen LogP contribution in [-0.2, 0) is 0 Å². The Bertz CT molecular complexity index is 911. The summed E-state index contributed by atoms with van der Waals surface area (Å²) in [4.78, 5) is 10.8. The van der Waals surface area contributed by atoms with Gasteiger partial charge < -0.3 is 10.2 Å². The van der Waals surface area contributed by atoms with Gasteiger partial charge in [0.25, 0.3) is 0 Å². The zero-order valence-corrected chi connectivity index (χ0v) is 14.2. The van der Waals surface area contributed by atoms with Crippen molar-refractivity contribution in [2.75, 3.05) is 0 Å². The lowest BCUT2D eigenvalue weighted by molar-refractivity contribution is 0.112. The molecule has 0 bridgehead atoms. The van der Waals surface area contributed by atoms with Crippen LogP contribution in [0.2, 0.25) is 0 Å². The second-order valence-electron chi connectivity index (χ2n) is 6.26. The zero-order chi connectivity index (χ0) is 18.0. The first kappa shape index (κ1) is 16.8. The maximum absolute atomic E-state index is 10.8. The third-order valence-corrected chi connectivity index (χ3v) is 4.59. The Morgan fingerprint density at radius 3 is 2.20 bits per heavy atom. The Kier molecular flexibility index (Phi) is 4.57. The predicted molar refractivity (Wildman–Crippen MR) is 99.3 cm³/mol. The van der Waals surface area contributed by atoms with E-state index in [1.807, 2.05) is 37.3 Å². The molecular formula is C22H20O3. The summed E-state index contributed by atoms with van der Waals surface area (Å²) in [6, 6.07) is 18.3. The third kappa shape index (κ3) is 3.26. The number of phenolic OH excluding ortho intramolecular Hbond substituents is 2. The zero-order valence-electron chi connectivity index (χ0n) is 14.2. The van der Waals surface area contributed by atoms with Crippen molar-refractivity contribution < 1.29 is 15.0 Å². The van der Waals surface area contributed by atoms with Crippen LogP contribution in [0.4, 0.5) is 0 Å². The molecule has 0 aliphatic rings. The van der Waals surface area contributed by atoms with E-state index in [4.69, 9.17) is 0 Å². The lowest BCUT2D eigenvalue weighted by Crippen LogP contribution is -1.98. The standard InChI is InChI=1S/C22H20O3/c1-14-11-18(15(2)17-9-7-16(13-23)8-10-17)12-20(22(14)25)19-5-3-4-6-21(19)24/h3-13,15,24-25H,1-2H3. The number of carbonyl (C=O) groups excluding carboxylic acids is 1. The molecular weight excluding hydrogens is 312 g/mol. The Morgan fingerprint density at radius 1 is 0.880 bits per heavy atom. The summed E-state index contributed by atoms with van der Waals surface area (Å²) in [7, 11) is 0. The quantitative estimate of drug-likeness (QED) is 0.658. The number of benzene rings is 3. The molecule has 0 aliphatic carbocycles. The second-order valence-corrected chi connectivity index (χ2v) is 6.26. The summed E-state index contributed by atoms with van der Waals surface area (Å²) in [6.45, 7) is 3.93. The van der Waals surface area contributed by atoms with Crippen LogP contribution in [-0.4, -0.2) is 16.5 Å². The lowest BCUT2D eigenvalue weighted by Gasteiger charge is -2.17. The molecule has 25 heavy (non-hydrogen) atoms. The number of phenols is 2. The van der Waals surface area contributed by atoms with Gasteiger partial charge in [-0.15, -0.1) is 0 Å². The Balaban J connectivity index is 2.08. The van der Waals surface area contributed by atoms with Crippen molar-refractivity contribution >= 4 is 6.29 Å². The van der Waals surface area contributed by atoms with E-state index in [2.05, 4.69) is 6.92 Å². The fourth-order valence-electron chi connectivity index (χ4n) is 3.02. The first-order valence-corrected chi connectivity index (χ1v) is 8.18. The molecule has 0 radical (unpaired) electrons. The van der Waals surface area contributed by atoms with Gasteiger partial charge in [0.2, 0.25) is 0 Å². The van der Waals surface area contributed by atoms with E-state index < -0.39 is 0 Å². The van der Waals surface area contributed by atoms with Crippen molar-refractivity contribution in [3.05, 3.63) is 82.9 Å². The fraction of sp³-hybridized carbons (Fsp3) is 0.136. The highest BCUT2D eigenvalue weighted by Crippen LogP contribution is 2.40. The molecule has 0 aliphatic heterocycles. The van der Waals surface area contributed by atoms with Crippen LogP contribution in [0.1, 0.15) is 39.9 Å². The summed E-state index contributed by atoms with van der Waals surface area (Å²) >= 11 is 0. The van der Waals surface area contributed by atoms with Gasteiger partial charge in [0.1, 0.15) is 17.8 Å². The minimum Gasteiger partial charge on any atom is -0.507 e. The van der Waals surface area contributed by atoms with Crippen LogP contribution >= 0.6 is 0 Å². The van der Waals surface area contributed by atoms with Gasteiger partial charge in [0.05, 0.1) is 0 Å². The highest BCUT2D eigenvalue weighted by Gasteiger charge is 2.16. The first-order valence-electron chi connectivity index (χ1n) is 8.18.